The molecule has 0 aliphatic carbocycles. The predicted octanol–water partition coefficient (Wildman–Crippen LogP) is 3.28. The van der Waals surface area contributed by atoms with Gasteiger partial charge in [0.15, 0.2) is 16.3 Å². The molecule has 1 amide bonds. The number of para-hydroxylation sites is 1. The first-order valence-corrected chi connectivity index (χ1v) is 9.79. The van der Waals surface area contributed by atoms with Gasteiger partial charge in [-0.2, -0.15) is 4.99 Å². The van der Waals surface area contributed by atoms with E-state index in [-0.39, 0.29) is 24.9 Å². The van der Waals surface area contributed by atoms with Crippen molar-refractivity contribution in [1.82, 2.24) is 4.57 Å². The molecule has 1 aliphatic rings. The fourth-order valence-corrected chi connectivity index (χ4v) is 4.14. The summed E-state index contributed by atoms with van der Waals surface area (Å²) < 4.78 is 32.9. The van der Waals surface area contributed by atoms with E-state index in [1.165, 1.54) is 17.4 Å². The van der Waals surface area contributed by atoms with Crippen LogP contribution in [-0.4, -0.2) is 30.5 Å². The smallest absolute Gasteiger partial charge is 0.252 e. The Balaban J connectivity index is 1.65. The summed E-state index contributed by atoms with van der Waals surface area (Å²) in [6.45, 7) is 3.49. The summed E-state index contributed by atoms with van der Waals surface area (Å²) >= 11 is 1.29. The molecule has 6 nitrogen and oxygen atoms in total. The highest BCUT2D eigenvalue weighted by Gasteiger charge is 2.15. The largest absolute Gasteiger partial charge is 0.454 e. The molecule has 28 heavy (non-hydrogen) atoms. The Morgan fingerprint density at radius 3 is 3.00 bits per heavy atom. The van der Waals surface area contributed by atoms with Crippen LogP contribution in [0.4, 0.5) is 4.39 Å². The molecule has 4 rings (SSSR count). The minimum Gasteiger partial charge on any atom is -0.454 e. The van der Waals surface area contributed by atoms with Crippen LogP contribution in [0, 0.1) is 5.82 Å². The van der Waals surface area contributed by atoms with Crippen LogP contribution in [0.15, 0.2) is 41.4 Å². The monoisotopic (exact) mass is 402 g/mol. The van der Waals surface area contributed by atoms with Gasteiger partial charge in [0.05, 0.1) is 23.2 Å². The van der Waals surface area contributed by atoms with Gasteiger partial charge in [-0.3, -0.25) is 4.79 Å². The van der Waals surface area contributed by atoms with E-state index in [1.54, 1.807) is 22.8 Å². The van der Waals surface area contributed by atoms with E-state index < -0.39 is 0 Å². The van der Waals surface area contributed by atoms with Gasteiger partial charge < -0.3 is 18.8 Å². The second kappa shape index (κ2) is 8.12. The minimum atomic E-state index is -0.338. The van der Waals surface area contributed by atoms with E-state index in [0.29, 0.717) is 41.6 Å². The average molecular weight is 402 g/mol. The van der Waals surface area contributed by atoms with Crippen LogP contribution in [-0.2, 0) is 22.5 Å². The Morgan fingerprint density at radius 2 is 2.14 bits per heavy atom. The first-order valence-electron chi connectivity index (χ1n) is 8.97. The predicted molar refractivity (Wildman–Crippen MR) is 103 cm³/mol. The topological polar surface area (TPSA) is 62.1 Å². The number of hydrogen-bond donors (Lipinski definition) is 0. The Morgan fingerprint density at radius 1 is 1.29 bits per heavy atom. The number of benzene rings is 2. The highest BCUT2D eigenvalue weighted by atomic mass is 32.1. The maximum Gasteiger partial charge on any atom is 0.252 e. The molecule has 0 saturated carbocycles. The molecule has 0 bridgehead atoms. The number of halogens is 1. The third-order valence-electron chi connectivity index (χ3n) is 4.33. The van der Waals surface area contributed by atoms with Crippen molar-refractivity contribution in [1.29, 1.82) is 0 Å². The normalized spacial score (nSPS) is 13.4. The zero-order valence-corrected chi connectivity index (χ0v) is 16.1. The van der Waals surface area contributed by atoms with Crippen molar-refractivity contribution in [3.8, 4) is 11.5 Å². The second-order valence-electron chi connectivity index (χ2n) is 6.19. The number of ether oxygens (including phenoxy) is 3. The van der Waals surface area contributed by atoms with Gasteiger partial charge in [0.1, 0.15) is 5.82 Å². The van der Waals surface area contributed by atoms with Gasteiger partial charge >= 0.3 is 0 Å². The number of fused-ring (bicyclic) bond motifs is 2. The molecule has 2 heterocycles. The van der Waals surface area contributed by atoms with Crippen LogP contribution in [0.3, 0.4) is 0 Å². The zero-order chi connectivity index (χ0) is 19.5. The number of rotatable bonds is 6. The van der Waals surface area contributed by atoms with Crippen LogP contribution in [0.5, 0.6) is 11.5 Å². The molecule has 0 fully saturated rings. The lowest BCUT2D eigenvalue weighted by atomic mass is 10.1. The van der Waals surface area contributed by atoms with E-state index in [2.05, 4.69) is 4.99 Å². The summed E-state index contributed by atoms with van der Waals surface area (Å²) in [4.78, 5) is 17.3. The molecule has 146 valence electrons. The SMILES string of the molecule is CCOCCn1c(=NC(=O)Cc2ccc3c(c2)OCO3)sc2cccc(F)c21. The van der Waals surface area contributed by atoms with Gasteiger partial charge in [-0.15, -0.1) is 0 Å². The van der Waals surface area contributed by atoms with Crippen LogP contribution in [0.2, 0.25) is 0 Å². The molecule has 0 radical (unpaired) electrons. The lowest BCUT2D eigenvalue weighted by Crippen LogP contribution is -2.20. The first kappa shape index (κ1) is 18.6. The van der Waals surface area contributed by atoms with Crippen LogP contribution < -0.4 is 14.3 Å². The average Bonchev–Trinajstić information content (AvgIpc) is 3.27. The van der Waals surface area contributed by atoms with E-state index in [9.17, 15) is 9.18 Å². The molecule has 0 saturated heterocycles. The van der Waals surface area contributed by atoms with Gasteiger partial charge in [-0.25, -0.2) is 4.39 Å². The Hall–Kier alpha value is -2.71. The Bertz CT molecular complexity index is 1090. The molecule has 1 aliphatic heterocycles. The number of aromatic nitrogens is 1. The standard InChI is InChI=1S/C20H19FN2O4S/c1-2-25-9-8-23-19-14(21)4-3-5-17(19)28-20(23)22-18(24)11-13-6-7-15-16(10-13)27-12-26-15/h3-7,10H,2,8-9,11-12H2,1H3. The lowest BCUT2D eigenvalue weighted by molar-refractivity contribution is -0.117. The number of carbonyl (C=O) groups excluding carboxylic acids is 1. The number of hydrogen-bond acceptors (Lipinski definition) is 5. The summed E-state index contributed by atoms with van der Waals surface area (Å²) in [5.41, 5.74) is 1.23. The quantitative estimate of drug-likeness (QED) is 0.594. The molecule has 0 spiro atoms. The molecular formula is C20H19FN2O4S. The number of carbonyl (C=O) groups is 1. The Kier molecular flexibility index (Phi) is 5.40. The van der Waals surface area contributed by atoms with Crippen molar-refractivity contribution >= 4 is 27.5 Å². The van der Waals surface area contributed by atoms with Gasteiger partial charge in [0.25, 0.3) is 5.91 Å². The van der Waals surface area contributed by atoms with Crippen molar-refractivity contribution in [2.24, 2.45) is 4.99 Å². The van der Waals surface area contributed by atoms with E-state index in [1.807, 2.05) is 19.1 Å². The summed E-state index contributed by atoms with van der Waals surface area (Å²) in [6, 6.07) is 10.3. The minimum absolute atomic E-state index is 0.124. The fourth-order valence-electron chi connectivity index (χ4n) is 3.05. The van der Waals surface area contributed by atoms with Crippen molar-refractivity contribution in [3.05, 3.63) is 52.6 Å². The van der Waals surface area contributed by atoms with Crippen LogP contribution in [0.25, 0.3) is 10.2 Å². The lowest BCUT2D eigenvalue weighted by Gasteiger charge is -2.06. The molecule has 8 heteroatoms. The summed E-state index contributed by atoms with van der Waals surface area (Å²) in [5.74, 6) is 0.647. The summed E-state index contributed by atoms with van der Waals surface area (Å²) in [7, 11) is 0. The molecule has 0 atom stereocenters. The summed E-state index contributed by atoms with van der Waals surface area (Å²) in [6.07, 6.45) is 0.124. The fraction of sp³-hybridized carbons (Fsp3) is 0.300. The van der Waals surface area contributed by atoms with Gasteiger partial charge in [0, 0.05) is 13.2 Å². The third kappa shape index (κ3) is 3.79. The van der Waals surface area contributed by atoms with E-state index in [4.69, 9.17) is 14.2 Å². The van der Waals surface area contributed by atoms with Gasteiger partial charge in [-0.05, 0) is 36.8 Å². The molecular weight excluding hydrogens is 383 g/mol. The first-order chi connectivity index (χ1) is 13.7. The Labute approximate surface area is 164 Å². The number of nitrogens with zero attached hydrogens (tertiary/aromatic N) is 2. The van der Waals surface area contributed by atoms with E-state index in [0.717, 1.165) is 10.3 Å². The van der Waals surface area contributed by atoms with Crippen molar-refractivity contribution in [3.63, 3.8) is 0 Å². The van der Waals surface area contributed by atoms with E-state index >= 15 is 0 Å². The molecule has 2 aromatic carbocycles. The van der Waals surface area contributed by atoms with Crippen molar-refractivity contribution < 1.29 is 23.4 Å². The van der Waals surface area contributed by atoms with Crippen LogP contribution in [0.1, 0.15) is 12.5 Å². The zero-order valence-electron chi connectivity index (χ0n) is 15.3. The van der Waals surface area contributed by atoms with Crippen LogP contribution >= 0.6 is 11.3 Å². The highest BCUT2D eigenvalue weighted by Crippen LogP contribution is 2.32. The summed E-state index contributed by atoms with van der Waals surface area (Å²) in [5, 5.41) is 0. The van der Waals surface area contributed by atoms with Crippen molar-refractivity contribution in [2.45, 2.75) is 19.9 Å². The van der Waals surface area contributed by atoms with Gasteiger partial charge in [0.2, 0.25) is 6.79 Å². The number of thiazole rings is 1. The van der Waals surface area contributed by atoms with Gasteiger partial charge in [-0.1, -0.05) is 23.5 Å². The highest BCUT2D eigenvalue weighted by molar-refractivity contribution is 7.16. The number of amides is 1. The maximum absolute atomic E-state index is 14.4. The molecule has 0 unspecified atom stereocenters. The second-order valence-corrected chi connectivity index (χ2v) is 7.20. The molecule has 0 N–H and O–H groups in total. The molecule has 3 aromatic rings. The van der Waals surface area contributed by atoms with Crippen molar-refractivity contribution in [2.75, 3.05) is 20.0 Å². The molecule has 1 aromatic heterocycles. The maximum atomic E-state index is 14.4. The third-order valence-corrected chi connectivity index (χ3v) is 5.37.